The SMILES string of the molecule is Cc1ccc(C)c(Nc2ccc(NC(=O)c3ccc(F)cc3)cn2)c1. The van der Waals surface area contributed by atoms with Gasteiger partial charge >= 0.3 is 0 Å². The predicted molar refractivity (Wildman–Crippen MR) is 97.8 cm³/mol. The summed E-state index contributed by atoms with van der Waals surface area (Å²) in [5.74, 6) is 0.00519. The van der Waals surface area contributed by atoms with E-state index in [0.717, 1.165) is 16.8 Å². The summed E-state index contributed by atoms with van der Waals surface area (Å²) in [5, 5.41) is 6.00. The summed E-state index contributed by atoms with van der Waals surface area (Å²) in [7, 11) is 0. The minimum Gasteiger partial charge on any atom is -0.340 e. The molecule has 2 aromatic carbocycles. The van der Waals surface area contributed by atoms with Crippen LogP contribution in [0.1, 0.15) is 21.5 Å². The monoisotopic (exact) mass is 335 g/mol. The Morgan fingerprint density at radius 2 is 1.76 bits per heavy atom. The van der Waals surface area contributed by atoms with Gasteiger partial charge in [-0.15, -0.1) is 0 Å². The molecule has 25 heavy (non-hydrogen) atoms. The molecular weight excluding hydrogens is 317 g/mol. The fourth-order valence-corrected chi connectivity index (χ4v) is 2.35. The lowest BCUT2D eigenvalue weighted by molar-refractivity contribution is 0.102. The van der Waals surface area contributed by atoms with E-state index in [1.165, 1.54) is 24.3 Å². The van der Waals surface area contributed by atoms with Crippen molar-refractivity contribution in [2.45, 2.75) is 13.8 Å². The van der Waals surface area contributed by atoms with Crippen molar-refractivity contribution in [3.63, 3.8) is 0 Å². The summed E-state index contributed by atoms with van der Waals surface area (Å²) >= 11 is 0. The Labute approximate surface area is 145 Å². The van der Waals surface area contributed by atoms with E-state index in [1.54, 1.807) is 18.3 Å². The molecule has 0 unspecified atom stereocenters. The zero-order valence-electron chi connectivity index (χ0n) is 14.0. The molecule has 0 saturated carbocycles. The van der Waals surface area contributed by atoms with Crippen LogP contribution >= 0.6 is 0 Å². The van der Waals surface area contributed by atoms with Gasteiger partial charge in [0.05, 0.1) is 11.9 Å². The van der Waals surface area contributed by atoms with Gasteiger partial charge in [-0.1, -0.05) is 12.1 Å². The van der Waals surface area contributed by atoms with Gasteiger partial charge in [-0.05, 0) is 67.4 Å². The average Bonchev–Trinajstić information content (AvgIpc) is 2.60. The molecule has 1 heterocycles. The molecule has 0 aliphatic heterocycles. The van der Waals surface area contributed by atoms with E-state index in [1.807, 2.05) is 13.8 Å². The summed E-state index contributed by atoms with van der Waals surface area (Å²) in [6.07, 6.45) is 1.58. The van der Waals surface area contributed by atoms with Crippen LogP contribution in [-0.4, -0.2) is 10.9 Å². The third-order valence-corrected chi connectivity index (χ3v) is 3.78. The molecule has 0 radical (unpaired) electrons. The number of hydrogen-bond donors (Lipinski definition) is 2. The van der Waals surface area contributed by atoms with Gasteiger partial charge in [0.1, 0.15) is 11.6 Å². The number of carbonyl (C=O) groups is 1. The molecule has 0 spiro atoms. The largest absolute Gasteiger partial charge is 0.340 e. The van der Waals surface area contributed by atoms with E-state index in [4.69, 9.17) is 0 Å². The van der Waals surface area contributed by atoms with E-state index in [-0.39, 0.29) is 11.7 Å². The normalized spacial score (nSPS) is 10.4. The van der Waals surface area contributed by atoms with Crippen LogP contribution in [0, 0.1) is 19.7 Å². The van der Waals surface area contributed by atoms with E-state index in [2.05, 4.69) is 33.8 Å². The van der Waals surface area contributed by atoms with Crippen LogP contribution in [0.4, 0.5) is 21.6 Å². The number of amides is 1. The number of benzene rings is 2. The second-order valence-corrected chi connectivity index (χ2v) is 5.84. The molecule has 0 saturated heterocycles. The van der Waals surface area contributed by atoms with E-state index < -0.39 is 0 Å². The van der Waals surface area contributed by atoms with Gasteiger partial charge in [0.25, 0.3) is 5.91 Å². The number of hydrogen-bond acceptors (Lipinski definition) is 3. The fourth-order valence-electron chi connectivity index (χ4n) is 2.35. The van der Waals surface area contributed by atoms with Gasteiger partial charge in [0.15, 0.2) is 0 Å². The molecule has 0 atom stereocenters. The first kappa shape index (κ1) is 16.6. The molecule has 0 aliphatic carbocycles. The van der Waals surface area contributed by atoms with Gasteiger partial charge in [0, 0.05) is 11.3 Å². The number of pyridine rings is 1. The van der Waals surface area contributed by atoms with E-state index in [0.29, 0.717) is 17.1 Å². The summed E-state index contributed by atoms with van der Waals surface area (Å²) in [6, 6.07) is 15.1. The van der Waals surface area contributed by atoms with Gasteiger partial charge in [0.2, 0.25) is 0 Å². The molecule has 5 heteroatoms. The lowest BCUT2D eigenvalue weighted by Crippen LogP contribution is -2.12. The zero-order valence-corrected chi connectivity index (χ0v) is 14.0. The molecule has 1 amide bonds. The van der Waals surface area contributed by atoms with Crippen LogP contribution in [0.3, 0.4) is 0 Å². The number of aromatic nitrogens is 1. The molecule has 1 aromatic heterocycles. The highest BCUT2D eigenvalue weighted by atomic mass is 19.1. The van der Waals surface area contributed by atoms with Crippen LogP contribution in [0.2, 0.25) is 0 Å². The fraction of sp³-hybridized carbons (Fsp3) is 0.100. The van der Waals surface area contributed by atoms with Crippen LogP contribution in [-0.2, 0) is 0 Å². The summed E-state index contributed by atoms with van der Waals surface area (Å²) in [6.45, 7) is 4.06. The minimum absolute atomic E-state index is 0.308. The summed E-state index contributed by atoms with van der Waals surface area (Å²) < 4.78 is 12.9. The number of aryl methyl sites for hydroxylation is 2. The molecule has 3 aromatic rings. The Kier molecular flexibility index (Phi) is 4.75. The van der Waals surface area contributed by atoms with Crippen LogP contribution in [0.15, 0.2) is 60.8 Å². The number of anilines is 3. The molecule has 2 N–H and O–H groups in total. The zero-order chi connectivity index (χ0) is 17.8. The van der Waals surface area contributed by atoms with Crippen LogP contribution < -0.4 is 10.6 Å². The standard InChI is InChI=1S/C20H18FN3O/c1-13-3-4-14(2)18(11-13)24-19-10-9-17(12-22-19)23-20(25)15-5-7-16(21)8-6-15/h3-12H,1-2H3,(H,22,24)(H,23,25). The summed E-state index contributed by atoms with van der Waals surface area (Å²) in [5.41, 5.74) is 4.24. The Morgan fingerprint density at radius 1 is 1.00 bits per heavy atom. The van der Waals surface area contributed by atoms with Gasteiger partial charge in [-0.25, -0.2) is 9.37 Å². The Bertz CT molecular complexity index is 890. The van der Waals surface area contributed by atoms with E-state index >= 15 is 0 Å². The first-order valence-electron chi connectivity index (χ1n) is 7.88. The quantitative estimate of drug-likeness (QED) is 0.718. The third-order valence-electron chi connectivity index (χ3n) is 3.78. The molecule has 3 rings (SSSR count). The minimum atomic E-state index is -0.375. The van der Waals surface area contributed by atoms with Crippen molar-refractivity contribution in [3.05, 3.63) is 83.3 Å². The lowest BCUT2D eigenvalue weighted by Gasteiger charge is -2.11. The Morgan fingerprint density at radius 3 is 2.44 bits per heavy atom. The van der Waals surface area contributed by atoms with Crippen molar-refractivity contribution in [1.29, 1.82) is 0 Å². The number of halogens is 1. The Balaban J connectivity index is 1.68. The number of carbonyl (C=O) groups excluding carboxylic acids is 1. The Hall–Kier alpha value is -3.21. The molecule has 0 bridgehead atoms. The van der Waals surface area contributed by atoms with Crippen LogP contribution in [0.25, 0.3) is 0 Å². The second kappa shape index (κ2) is 7.13. The highest BCUT2D eigenvalue weighted by Crippen LogP contribution is 2.21. The molecule has 0 aliphatic rings. The maximum absolute atomic E-state index is 12.9. The highest BCUT2D eigenvalue weighted by molar-refractivity contribution is 6.04. The second-order valence-electron chi connectivity index (χ2n) is 5.84. The van der Waals surface area contributed by atoms with E-state index in [9.17, 15) is 9.18 Å². The average molecular weight is 335 g/mol. The predicted octanol–water partition coefficient (Wildman–Crippen LogP) is 4.83. The van der Waals surface area contributed by atoms with Crippen molar-refractivity contribution < 1.29 is 9.18 Å². The molecular formula is C20H18FN3O. The summed E-state index contributed by atoms with van der Waals surface area (Å²) in [4.78, 5) is 16.4. The smallest absolute Gasteiger partial charge is 0.255 e. The molecule has 126 valence electrons. The van der Waals surface area contributed by atoms with Gasteiger partial charge in [-0.2, -0.15) is 0 Å². The van der Waals surface area contributed by atoms with Gasteiger partial charge in [-0.3, -0.25) is 4.79 Å². The van der Waals surface area contributed by atoms with Crippen molar-refractivity contribution in [2.24, 2.45) is 0 Å². The number of nitrogens with one attached hydrogen (secondary N) is 2. The van der Waals surface area contributed by atoms with Crippen molar-refractivity contribution >= 4 is 23.1 Å². The maximum atomic E-state index is 12.9. The van der Waals surface area contributed by atoms with Crippen LogP contribution in [0.5, 0.6) is 0 Å². The third kappa shape index (κ3) is 4.20. The molecule has 0 fully saturated rings. The number of rotatable bonds is 4. The maximum Gasteiger partial charge on any atom is 0.255 e. The first-order chi connectivity index (χ1) is 12.0. The topological polar surface area (TPSA) is 54.0 Å². The van der Waals surface area contributed by atoms with Crippen molar-refractivity contribution in [3.8, 4) is 0 Å². The molecule has 4 nitrogen and oxygen atoms in total. The van der Waals surface area contributed by atoms with Gasteiger partial charge < -0.3 is 10.6 Å². The van der Waals surface area contributed by atoms with Crippen molar-refractivity contribution in [1.82, 2.24) is 4.98 Å². The lowest BCUT2D eigenvalue weighted by atomic mass is 10.1. The van der Waals surface area contributed by atoms with Crippen molar-refractivity contribution in [2.75, 3.05) is 10.6 Å². The highest BCUT2D eigenvalue weighted by Gasteiger charge is 2.07. The number of nitrogens with zero attached hydrogens (tertiary/aromatic N) is 1. The first-order valence-corrected chi connectivity index (χ1v) is 7.88.